The molecule has 2 fully saturated rings. The van der Waals surface area contributed by atoms with Crippen LogP contribution in [0.3, 0.4) is 0 Å². The van der Waals surface area contributed by atoms with Crippen molar-refractivity contribution in [1.82, 2.24) is 25.0 Å². The second-order valence-corrected chi connectivity index (χ2v) is 7.44. The van der Waals surface area contributed by atoms with Gasteiger partial charge >= 0.3 is 6.09 Å². The van der Waals surface area contributed by atoms with Crippen molar-refractivity contribution in [1.29, 1.82) is 0 Å². The number of hydrogen-bond donors (Lipinski definition) is 4. The largest absolute Gasteiger partial charge is 0.465 e. The van der Waals surface area contributed by atoms with E-state index in [0.717, 1.165) is 62.9 Å². The van der Waals surface area contributed by atoms with Gasteiger partial charge in [-0.3, -0.25) is 10.00 Å². The van der Waals surface area contributed by atoms with Crippen molar-refractivity contribution in [3.05, 3.63) is 30.0 Å². The first-order chi connectivity index (χ1) is 14.2. The number of aromatic nitrogens is 3. The molecule has 0 aromatic carbocycles. The Morgan fingerprint density at radius 3 is 2.86 bits per heavy atom. The number of amides is 1. The molecule has 1 amide bonds. The van der Waals surface area contributed by atoms with Crippen LogP contribution >= 0.6 is 0 Å². The number of H-pyrrole nitrogens is 1. The number of pyridine rings is 1. The van der Waals surface area contributed by atoms with Gasteiger partial charge in [0, 0.05) is 44.8 Å². The quantitative estimate of drug-likeness (QED) is 0.580. The average molecular weight is 401 g/mol. The molecule has 1 atom stereocenters. The van der Waals surface area contributed by atoms with Crippen LogP contribution in [-0.4, -0.2) is 81.6 Å². The van der Waals surface area contributed by atoms with Gasteiger partial charge in [-0.15, -0.1) is 0 Å². The molecular weight excluding hydrogens is 374 g/mol. The monoisotopic (exact) mass is 401 g/mol. The van der Waals surface area contributed by atoms with E-state index in [0.29, 0.717) is 18.9 Å². The Hall–Kier alpha value is -2.85. The number of carboxylic acid groups (broad SMARTS) is 1. The molecule has 2 aliphatic rings. The third-order valence-electron chi connectivity index (χ3n) is 5.20. The summed E-state index contributed by atoms with van der Waals surface area (Å²) in [5.74, 6) is 2.23. The van der Waals surface area contributed by atoms with E-state index in [1.807, 2.05) is 18.2 Å². The molecule has 4 rings (SSSR count). The van der Waals surface area contributed by atoms with Crippen molar-refractivity contribution in [3.63, 3.8) is 0 Å². The van der Waals surface area contributed by atoms with Crippen LogP contribution in [0.25, 0.3) is 0 Å². The number of carbonyl (C=O) groups is 1. The summed E-state index contributed by atoms with van der Waals surface area (Å²) in [6.45, 7) is 5.18. The van der Waals surface area contributed by atoms with Crippen LogP contribution in [0.1, 0.15) is 18.4 Å². The van der Waals surface area contributed by atoms with Crippen LogP contribution in [0.5, 0.6) is 0 Å². The third-order valence-corrected chi connectivity index (χ3v) is 5.20. The van der Waals surface area contributed by atoms with Gasteiger partial charge in [0.25, 0.3) is 0 Å². The molecule has 29 heavy (non-hydrogen) atoms. The van der Waals surface area contributed by atoms with Gasteiger partial charge in [-0.2, -0.15) is 5.10 Å². The second kappa shape index (κ2) is 9.10. The molecule has 4 heterocycles. The Labute approximate surface area is 169 Å². The fraction of sp³-hybridized carbons (Fsp3) is 0.526. The highest BCUT2D eigenvalue weighted by Gasteiger charge is 2.23. The number of hydrogen-bond acceptors (Lipinski definition) is 7. The zero-order valence-electron chi connectivity index (χ0n) is 16.3. The number of nitrogens with zero attached hydrogens (tertiary/aromatic N) is 4. The normalized spacial score (nSPS) is 20.4. The minimum atomic E-state index is -0.868. The molecular formula is C19H27N7O3. The number of anilines is 3. The van der Waals surface area contributed by atoms with Crippen molar-refractivity contribution >= 4 is 23.5 Å². The summed E-state index contributed by atoms with van der Waals surface area (Å²) < 4.78 is 5.44. The maximum atomic E-state index is 11.3. The van der Waals surface area contributed by atoms with Crippen molar-refractivity contribution in [2.45, 2.75) is 25.4 Å². The molecule has 10 heteroatoms. The van der Waals surface area contributed by atoms with E-state index >= 15 is 0 Å². The Morgan fingerprint density at radius 2 is 2.10 bits per heavy atom. The molecule has 2 aromatic heterocycles. The van der Waals surface area contributed by atoms with Gasteiger partial charge in [-0.1, -0.05) is 0 Å². The van der Waals surface area contributed by atoms with Crippen LogP contribution < -0.4 is 10.6 Å². The zero-order chi connectivity index (χ0) is 20.1. The third kappa shape index (κ3) is 5.36. The highest BCUT2D eigenvalue weighted by atomic mass is 16.5. The van der Waals surface area contributed by atoms with Crippen molar-refractivity contribution in [3.8, 4) is 0 Å². The Kier molecular flexibility index (Phi) is 6.11. The van der Waals surface area contributed by atoms with Gasteiger partial charge in [0.05, 0.1) is 19.4 Å². The van der Waals surface area contributed by atoms with Gasteiger partial charge in [0.15, 0.2) is 0 Å². The zero-order valence-corrected chi connectivity index (χ0v) is 16.3. The number of ether oxygens (including phenoxy) is 1. The van der Waals surface area contributed by atoms with E-state index in [1.165, 1.54) is 4.90 Å². The maximum absolute atomic E-state index is 11.3. The molecule has 2 aromatic rings. The lowest BCUT2D eigenvalue weighted by atomic mass is 10.1. The van der Waals surface area contributed by atoms with Crippen molar-refractivity contribution in [2.75, 3.05) is 50.0 Å². The number of rotatable bonds is 6. The first-order valence-corrected chi connectivity index (χ1v) is 9.97. The van der Waals surface area contributed by atoms with Crippen LogP contribution in [-0.2, 0) is 11.3 Å². The van der Waals surface area contributed by atoms with E-state index < -0.39 is 6.09 Å². The van der Waals surface area contributed by atoms with E-state index in [4.69, 9.17) is 4.74 Å². The molecule has 0 bridgehead atoms. The van der Waals surface area contributed by atoms with Gasteiger partial charge < -0.3 is 25.4 Å². The first kappa shape index (κ1) is 19.5. The Balaban J connectivity index is 1.51. The molecule has 0 aliphatic carbocycles. The fourth-order valence-electron chi connectivity index (χ4n) is 3.78. The minimum absolute atomic E-state index is 0.0472. The van der Waals surface area contributed by atoms with E-state index in [9.17, 15) is 9.90 Å². The topological polar surface area (TPSA) is 119 Å². The molecule has 0 radical (unpaired) electrons. The Bertz CT molecular complexity index is 808. The Morgan fingerprint density at radius 1 is 1.28 bits per heavy atom. The van der Waals surface area contributed by atoms with Gasteiger partial charge in [-0.05, 0) is 30.5 Å². The molecule has 10 nitrogen and oxygen atoms in total. The summed E-state index contributed by atoms with van der Waals surface area (Å²) in [5.41, 5.74) is 1.14. The standard InChI is InChI=1S/C19H27N7O3/c27-19(28)26-5-1-2-15(13-26)21-17-10-14(12-25-6-8-29-9-7-25)11-18(23-17)22-16-3-4-20-24-16/h3-4,10-11,15H,1-2,5-9,12-13H2,(H,27,28)(H3,20,21,22,23,24). The van der Waals surface area contributed by atoms with E-state index in [-0.39, 0.29) is 6.04 Å². The first-order valence-electron chi connectivity index (χ1n) is 9.97. The predicted octanol–water partition coefficient (Wildman–Crippen LogP) is 1.93. The number of likely N-dealkylation sites (tertiary alicyclic amines) is 1. The smallest absolute Gasteiger partial charge is 0.407 e. The second-order valence-electron chi connectivity index (χ2n) is 7.44. The lowest BCUT2D eigenvalue weighted by Gasteiger charge is -2.31. The summed E-state index contributed by atoms with van der Waals surface area (Å²) in [4.78, 5) is 19.8. The van der Waals surface area contributed by atoms with Crippen LogP contribution in [0.2, 0.25) is 0 Å². The van der Waals surface area contributed by atoms with Gasteiger partial charge in [0.1, 0.15) is 17.5 Å². The van der Waals surface area contributed by atoms with Crippen molar-refractivity contribution < 1.29 is 14.6 Å². The fourth-order valence-corrected chi connectivity index (χ4v) is 3.78. The number of aromatic amines is 1. The molecule has 1 unspecified atom stereocenters. The molecule has 0 spiro atoms. The highest BCUT2D eigenvalue weighted by molar-refractivity contribution is 5.65. The summed E-state index contributed by atoms with van der Waals surface area (Å²) in [5, 5.41) is 22.8. The molecule has 156 valence electrons. The summed E-state index contributed by atoms with van der Waals surface area (Å²) in [7, 11) is 0. The summed E-state index contributed by atoms with van der Waals surface area (Å²) in [6.07, 6.45) is 2.58. The molecule has 2 saturated heterocycles. The number of morpholine rings is 1. The average Bonchev–Trinajstić information content (AvgIpc) is 3.22. The van der Waals surface area contributed by atoms with Crippen molar-refractivity contribution in [2.24, 2.45) is 0 Å². The lowest BCUT2D eigenvalue weighted by molar-refractivity contribution is 0.0342. The van der Waals surface area contributed by atoms with Crippen LogP contribution in [0.4, 0.5) is 22.2 Å². The number of piperidine rings is 1. The minimum Gasteiger partial charge on any atom is -0.465 e. The van der Waals surface area contributed by atoms with Crippen LogP contribution in [0, 0.1) is 0 Å². The highest BCUT2D eigenvalue weighted by Crippen LogP contribution is 2.22. The summed E-state index contributed by atoms with van der Waals surface area (Å²) >= 11 is 0. The van der Waals surface area contributed by atoms with Crippen LogP contribution in [0.15, 0.2) is 24.4 Å². The molecule has 4 N–H and O–H groups in total. The SMILES string of the molecule is O=C(O)N1CCCC(Nc2cc(CN3CCOCC3)cc(Nc3ccn[nH]3)n2)C1. The van der Waals surface area contributed by atoms with Gasteiger partial charge in [0.2, 0.25) is 0 Å². The van der Waals surface area contributed by atoms with E-state index in [2.05, 4.69) is 30.7 Å². The maximum Gasteiger partial charge on any atom is 0.407 e. The van der Waals surface area contributed by atoms with Gasteiger partial charge in [-0.25, -0.2) is 9.78 Å². The number of nitrogens with one attached hydrogen (secondary N) is 3. The molecule has 2 aliphatic heterocycles. The predicted molar refractivity (Wildman–Crippen MR) is 108 cm³/mol. The van der Waals surface area contributed by atoms with E-state index in [1.54, 1.807) is 6.20 Å². The molecule has 0 saturated carbocycles. The summed E-state index contributed by atoms with van der Waals surface area (Å²) in [6, 6.07) is 5.97. The lowest BCUT2D eigenvalue weighted by Crippen LogP contribution is -2.44.